The Bertz CT molecular complexity index is 628. The predicted molar refractivity (Wildman–Crippen MR) is 65.3 cm³/mol. The maximum Gasteiger partial charge on any atom is 0.341 e. The lowest BCUT2D eigenvalue weighted by Gasteiger charge is -2.06. The van der Waals surface area contributed by atoms with E-state index in [1.165, 1.54) is 12.3 Å². The fraction of sp³-hybridized carbons (Fsp3) is 0.0769. The lowest BCUT2D eigenvalue weighted by atomic mass is 10.2. The molecule has 0 atom stereocenters. The molecule has 0 fully saturated rings. The van der Waals surface area contributed by atoms with Crippen LogP contribution in [0, 0.1) is 6.92 Å². The number of H-pyrrole nitrogens is 1. The Morgan fingerprint density at radius 1 is 1.22 bits per heavy atom. The van der Waals surface area contributed by atoms with Crippen molar-refractivity contribution >= 4 is 5.97 Å². The zero-order valence-electron chi connectivity index (χ0n) is 9.64. The smallest absolute Gasteiger partial charge is 0.341 e. The minimum atomic E-state index is -1.29. The maximum atomic E-state index is 11.2. The first-order chi connectivity index (χ1) is 8.56. The average Bonchev–Trinajstić information content (AvgIpc) is 2.34. The third-order valence-corrected chi connectivity index (χ3v) is 2.36. The second-order valence-corrected chi connectivity index (χ2v) is 3.80. The Hall–Kier alpha value is -2.56. The zero-order chi connectivity index (χ0) is 13.1. The van der Waals surface area contributed by atoms with Crippen LogP contribution in [0.1, 0.15) is 15.9 Å². The molecule has 0 bridgehead atoms. The van der Waals surface area contributed by atoms with Crippen molar-refractivity contribution in [1.29, 1.82) is 0 Å². The molecule has 0 amide bonds. The largest absolute Gasteiger partial charge is 0.477 e. The molecule has 1 aromatic carbocycles. The highest BCUT2D eigenvalue weighted by Gasteiger charge is 2.10. The van der Waals surface area contributed by atoms with Crippen LogP contribution in [0.2, 0.25) is 0 Å². The molecule has 2 N–H and O–H groups in total. The van der Waals surface area contributed by atoms with Gasteiger partial charge < -0.3 is 14.8 Å². The van der Waals surface area contributed by atoms with Crippen molar-refractivity contribution in [1.82, 2.24) is 4.98 Å². The number of hydrogen-bond acceptors (Lipinski definition) is 3. The van der Waals surface area contributed by atoms with E-state index < -0.39 is 11.5 Å². The molecule has 1 aromatic heterocycles. The number of hydrogen-bond donors (Lipinski definition) is 2. The summed E-state index contributed by atoms with van der Waals surface area (Å²) >= 11 is 0. The highest BCUT2D eigenvalue weighted by Crippen LogP contribution is 2.20. The molecule has 0 spiro atoms. The quantitative estimate of drug-likeness (QED) is 0.868. The number of carbonyl (C=O) groups is 1. The molecule has 92 valence electrons. The van der Waals surface area contributed by atoms with E-state index in [-0.39, 0.29) is 11.3 Å². The van der Waals surface area contributed by atoms with Crippen LogP contribution in [0.4, 0.5) is 0 Å². The first-order valence-electron chi connectivity index (χ1n) is 5.27. The maximum absolute atomic E-state index is 11.2. The monoisotopic (exact) mass is 245 g/mol. The normalized spacial score (nSPS) is 10.1. The summed E-state index contributed by atoms with van der Waals surface area (Å²) in [5, 5.41) is 8.82. The van der Waals surface area contributed by atoms with E-state index in [4.69, 9.17) is 9.84 Å². The standard InChI is InChI=1S/C13H11NO4/c1-8-2-4-9(5-3-8)18-10-6-11(13(16)17)12(15)14-7-10/h2-7H,1H3,(H,14,15)(H,16,17). The van der Waals surface area contributed by atoms with Crippen LogP contribution < -0.4 is 10.3 Å². The van der Waals surface area contributed by atoms with Gasteiger partial charge in [-0.1, -0.05) is 17.7 Å². The van der Waals surface area contributed by atoms with Gasteiger partial charge in [0.1, 0.15) is 17.1 Å². The van der Waals surface area contributed by atoms with Crippen molar-refractivity contribution in [3.63, 3.8) is 0 Å². The summed E-state index contributed by atoms with van der Waals surface area (Å²) in [4.78, 5) is 24.3. The Balaban J connectivity index is 2.30. The fourth-order valence-corrected chi connectivity index (χ4v) is 1.42. The zero-order valence-corrected chi connectivity index (χ0v) is 9.64. The number of nitrogens with one attached hydrogen (secondary N) is 1. The fourth-order valence-electron chi connectivity index (χ4n) is 1.42. The van der Waals surface area contributed by atoms with Crippen molar-refractivity contribution in [2.45, 2.75) is 6.92 Å². The SMILES string of the molecule is Cc1ccc(Oc2c[nH]c(=O)c(C(=O)O)c2)cc1. The third-order valence-electron chi connectivity index (χ3n) is 2.36. The van der Waals surface area contributed by atoms with E-state index in [1.807, 2.05) is 19.1 Å². The molecule has 0 unspecified atom stereocenters. The van der Waals surface area contributed by atoms with Gasteiger partial charge in [0.25, 0.3) is 5.56 Å². The van der Waals surface area contributed by atoms with Gasteiger partial charge in [-0.25, -0.2) is 4.79 Å². The number of aryl methyl sites for hydroxylation is 1. The van der Waals surface area contributed by atoms with Gasteiger partial charge in [-0.15, -0.1) is 0 Å². The van der Waals surface area contributed by atoms with Crippen molar-refractivity contribution in [2.24, 2.45) is 0 Å². The minimum Gasteiger partial charge on any atom is -0.477 e. The number of aromatic carboxylic acids is 1. The van der Waals surface area contributed by atoms with Gasteiger partial charge in [-0.05, 0) is 19.1 Å². The number of benzene rings is 1. The number of carboxylic acids is 1. The Labute approximate surface area is 103 Å². The Morgan fingerprint density at radius 2 is 1.89 bits per heavy atom. The number of ether oxygens (including phenoxy) is 1. The molecular formula is C13H11NO4. The number of pyridine rings is 1. The molecule has 18 heavy (non-hydrogen) atoms. The molecule has 0 aliphatic carbocycles. The number of rotatable bonds is 3. The lowest BCUT2D eigenvalue weighted by molar-refractivity contribution is 0.0694. The summed E-state index contributed by atoms with van der Waals surface area (Å²) in [7, 11) is 0. The van der Waals surface area contributed by atoms with Gasteiger partial charge in [-0.2, -0.15) is 0 Å². The van der Waals surface area contributed by atoms with Crippen LogP contribution in [-0.2, 0) is 0 Å². The molecule has 0 radical (unpaired) electrons. The molecule has 5 nitrogen and oxygen atoms in total. The van der Waals surface area contributed by atoms with Crippen LogP contribution >= 0.6 is 0 Å². The van der Waals surface area contributed by atoms with E-state index in [0.29, 0.717) is 5.75 Å². The van der Waals surface area contributed by atoms with E-state index in [1.54, 1.807) is 12.1 Å². The molecule has 0 aliphatic heterocycles. The van der Waals surface area contributed by atoms with Crippen LogP contribution in [0.25, 0.3) is 0 Å². The summed E-state index contributed by atoms with van der Waals surface area (Å²) < 4.78 is 5.45. The van der Waals surface area contributed by atoms with Crippen molar-refractivity contribution in [2.75, 3.05) is 0 Å². The molecule has 0 saturated heterocycles. The van der Waals surface area contributed by atoms with Gasteiger partial charge >= 0.3 is 5.97 Å². The first-order valence-corrected chi connectivity index (χ1v) is 5.27. The third kappa shape index (κ3) is 2.57. The van der Waals surface area contributed by atoms with Gasteiger partial charge in [0.05, 0.1) is 0 Å². The molecule has 0 saturated carbocycles. The molecule has 2 rings (SSSR count). The van der Waals surface area contributed by atoms with Gasteiger partial charge in [0.2, 0.25) is 0 Å². The summed E-state index contributed by atoms with van der Waals surface area (Å²) in [6.45, 7) is 1.95. The van der Waals surface area contributed by atoms with Crippen molar-refractivity contribution in [3.8, 4) is 11.5 Å². The average molecular weight is 245 g/mol. The van der Waals surface area contributed by atoms with Crippen LogP contribution in [0.15, 0.2) is 41.3 Å². The summed E-state index contributed by atoms with van der Waals surface area (Å²) in [6, 6.07) is 8.47. The molecule has 5 heteroatoms. The van der Waals surface area contributed by atoms with Gasteiger partial charge in [0, 0.05) is 12.3 Å². The molecular weight excluding hydrogens is 234 g/mol. The van der Waals surface area contributed by atoms with Crippen LogP contribution in [-0.4, -0.2) is 16.1 Å². The molecule has 1 heterocycles. The van der Waals surface area contributed by atoms with Gasteiger partial charge in [-0.3, -0.25) is 4.79 Å². The topological polar surface area (TPSA) is 79.4 Å². The van der Waals surface area contributed by atoms with E-state index >= 15 is 0 Å². The van der Waals surface area contributed by atoms with E-state index in [9.17, 15) is 9.59 Å². The predicted octanol–water partition coefficient (Wildman–Crippen LogP) is 2.17. The molecule has 0 aliphatic rings. The van der Waals surface area contributed by atoms with Gasteiger partial charge in [0.15, 0.2) is 0 Å². The van der Waals surface area contributed by atoms with Crippen molar-refractivity contribution < 1.29 is 14.6 Å². The van der Waals surface area contributed by atoms with E-state index in [2.05, 4.69) is 4.98 Å². The Kier molecular flexibility index (Phi) is 3.14. The van der Waals surface area contributed by atoms with Crippen molar-refractivity contribution in [3.05, 3.63) is 58.0 Å². The first kappa shape index (κ1) is 11.9. The lowest BCUT2D eigenvalue weighted by Crippen LogP contribution is -2.16. The highest BCUT2D eigenvalue weighted by atomic mass is 16.5. The number of aromatic nitrogens is 1. The van der Waals surface area contributed by atoms with E-state index in [0.717, 1.165) is 5.56 Å². The minimum absolute atomic E-state index is 0.274. The summed E-state index contributed by atoms with van der Waals surface area (Å²) in [5.41, 5.74) is 0.0911. The van der Waals surface area contributed by atoms with Crippen LogP contribution in [0.3, 0.4) is 0 Å². The highest BCUT2D eigenvalue weighted by molar-refractivity contribution is 5.87. The van der Waals surface area contributed by atoms with Crippen LogP contribution in [0.5, 0.6) is 11.5 Å². The summed E-state index contributed by atoms with van der Waals surface area (Å²) in [6.07, 6.45) is 1.33. The Morgan fingerprint density at radius 3 is 2.50 bits per heavy atom. The summed E-state index contributed by atoms with van der Waals surface area (Å²) in [5.74, 6) is -0.439. The number of aromatic amines is 1. The second-order valence-electron chi connectivity index (χ2n) is 3.80. The second kappa shape index (κ2) is 4.75. The number of carboxylic acid groups (broad SMARTS) is 1. The molecule has 2 aromatic rings.